The van der Waals surface area contributed by atoms with E-state index in [0.29, 0.717) is 22.6 Å². The number of hydrogen-bond acceptors (Lipinski definition) is 7. The normalized spacial score (nSPS) is 11.6. The fourth-order valence-corrected chi connectivity index (χ4v) is 4.78. The van der Waals surface area contributed by atoms with Gasteiger partial charge in [0.25, 0.3) is 11.8 Å². The zero-order chi connectivity index (χ0) is 30.8. The van der Waals surface area contributed by atoms with Gasteiger partial charge < -0.3 is 15.4 Å². The summed E-state index contributed by atoms with van der Waals surface area (Å²) in [5.41, 5.74) is 4.31. The van der Waals surface area contributed by atoms with Crippen LogP contribution in [0.5, 0.6) is 5.75 Å². The Balaban J connectivity index is 1.64. The Bertz CT molecular complexity index is 1770. The summed E-state index contributed by atoms with van der Waals surface area (Å²) in [6.07, 6.45) is 2.54. The summed E-state index contributed by atoms with van der Waals surface area (Å²) in [5.74, 6) is -0.690. The van der Waals surface area contributed by atoms with Gasteiger partial charge in [0.05, 0.1) is 36.6 Å². The number of anilines is 3. The number of nitrogens with one attached hydrogen (secondary N) is 3. The first-order chi connectivity index (χ1) is 19.7. The molecule has 42 heavy (non-hydrogen) atoms. The van der Waals surface area contributed by atoms with Gasteiger partial charge in [-0.15, -0.1) is 5.10 Å². The molecule has 0 aliphatic rings. The SMILES string of the molecule is COc1c(NC(=O)c2ccc(C)c(-n3cc(C(=O)Nc4ccccc4C)nn3)c2)cc(C(C)(C)C)cc1NS(C)(=O)=O. The molecule has 0 saturated heterocycles. The zero-order valence-corrected chi connectivity index (χ0v) is 25.4. The van der Waals surface area contributed by atoms with E-state index in [-0.39, 0.29) is 22.5 Å². The number of aromatic nitrogens is 3. The summed E-state index contributed by atoms with van der Waals surface area (Å²) in [4.78, 5) is 26.3. The molecular weight excluding hydrogens is 556 g/mol. The first-order valence-corrected chi connectivity index (χ1v) is 15.0. The van der Waals surface area contributed by atoms with E-state index in [2.05, 4.69) is 25.7 Å². The summed E-state index contributed by atoms with van der Waals surface area (Å²) in [6.45, 7) is 9.68. The number of benzene rings is 3. The number of rotatable bonds is 8. The second-order valence-electron chi connectivity index (χ2n) is 11.0. The van der Waals surface area contributed by atoms with E-state index in [1.54, 1.807) is 36.4 Å². The lowest BCUT2D eigenvalue weighted by molar-refractivity contribution is 0.101. The fraction of sp³-hybridized carbons (Fsp3) is 0.267. The van der Waals surface area contributed by atoms with Crippen molar-refractivity contribution in [2.45, 2.75) is 40.0 Å². The zero-order valence-electron chi connectivity index (χ0n) is 24.6. The molecule has 0 radical (unpaired) electrons. The summed E-state index contributed by atoms with van der Waals surface area (Å²) < 4.78 is 33.5. The number of sulfonamides is 1. The first kappa shape index (κ1) is 30.3. The standard InChI is InChI=1S/C30H34N6O5S/c1-18-10-8-9-11-22(18)31-29(38)25-17-36(35-33-25)26-14-20(13-12-19(26)2)28(37)32-23-15-21(30(3,4)5)16-24(27(23)41-6)34-42(7,39)40/h8-17,34H,1-7H3,(H,31,38)(H,32,37). The van der Waals surface area contributed by atoms with Crippen molar-refractivity contribution in [1.29, 1.82) is 0 Å². The number of hydrogen-bond donors (Lipinski definition) is 3. The van der Waals surface area contributed by atoms with Crippen molar-refractivity contribution in [3.63, 3.8) is 0 Å². The molecule has 220 valence electrons. The highest BCUT2D eigenvalue weighted by atomic mass is 32.2. The van der Waals surface area contributed by atoms with Crippen molar-refractivity contribution in [1.82, 2.24) is 15.0 Å². The van der Waals surface area contributed by atoms with Gasteiger partial charge in [-0.3, -0.25) is 14.3 Å². The van der Waals surface area contributed by atoms with Crippen LogP contribution in [0.25, 0.3) is 5.69 Å². The molecule has 0 aliphatic heterocycles. The van der Waals surface area contributed by atoms with Gasteiger partial charge in [-0.05, 0) is 66.3 Å². The highest BCUT2D eigenvalue weighted by Gasteiger charge is 2.23. The molecule has 0 fully saturated rings. The summed E-state index contributed by atoms with van der Waals surface area (Å²) in [5, 5.41) is 13.8. The summed E-state index contributed by atoms with van der Waals surface area (Å²) in [7, 11) is -2.22. The molecule has 0 bridgehead atoms. The molecule has 0 atom stereocenters. The Morgan fingerprint density at radius 2 is 1.55 bits per heavy atom. The number of methoxy groups -OCH3 is 1. The van der Waals surface area contributed by atoms with Gasteiger partial charge >= 0.3 is 0 Å². The third-order valence-electron chi connectivity index (χ3n) is 6.54. The number of para-hydroxylation sites is 1. The molecule has 12 heteroatoms. The van der Waals surface area contributed by atoms with Crippen LogP contribution < -0.4 is 20.1 Å². The van der Waals surface area contributed by atoms with Crippen molar-refractivity contribution in [2.75, 3.05) is 28.7 Å². The minimum absolute atomic E-state index is 0.113. The lowest BCUT2D eigenvalue weighted by Crippen LogP contribution is -2.18. The monoisotopic (exact) mass is 590 g/mol. The molecule has 3 aromatic carbocycles. The van der Waals surface area contributed by atoms with E-state index in [1.165, 1.54) is 18.0 Å². The Hall–Kier alpha value is -4.71. The number of carbonyl (C=O) groups is 2. The molecule has 0 unspecified atom stereocenters. The largest absolute Gasteiger partial charge is 0.492 e. The third kappa shape index (κ3) is 6.95. The third-order valence-corrected chi connectivity index (χ3v) is 7.13. The lowest BCUT2D eigenvalue weighted by atomic mass is 9.86. The van der Waals surface area contributed by atoms with Crippen LogP contribution in [0.3, 0.4) is 0 Å². The van der Waals surface area contributed by atoms with Gasteiger partial charge in [0.1, 0.15) is 0 Å². The Morgan fingerprint density at radius 1 is 0.881 bits per heavy atom. The molecule has 0 saturated carbocycles. The van der Waals surface area contributed by atoms with Crippen LogP contribution in [-0.4, -0.2) is 48.6 Å². The summed E-state index contributed by atoms with van der Waals surface area (Å²) in [6, 6.07) is 15.9. The van der Waals surface area contributed by atoms with Gasteiger partial charge in [0.15, 0.2) is 11.4 Å². The van der Waals surface area contributed by atoms with E-state index in [0.717, 1.165) is 22.9 Å². The van der Waals surface area contributed by atoms with Gasteiger partial charge in [-0.2, -0.15) is 0 Å². The van der Waals surface area contributed by atoms with Crippen molar-refractivity contribution in [3.05, 3.63) is 88.7 Å². The number of amides is 2. The molecule has 4 rings (SSSR count). The van der Waals surface area contributed by atoms with E-state index in [9.17, 15) is 18.0 Å². The van der Waals surface area contributed by atoms with Gasteiger partial charge in [0, 0.05) is 11.3 Å². The predicted octanol–water partition coefficient (Wildman–Crippen LogP) is 5.07. The first-order valence-electron chi connectivity index (χ1n) is 13.1. The molecule has 4 aromatic rings. The molecule has 1 aromatic heterocycles. The summed E-state index contributed by atoms with van der Waals surface area (Å²) >= 11 is 0. The molecule has 3 N–H and O–H groups in total. The molecule has 0 aliphatic carbocycles. The minimum atomic E-state index is -3.62. The number of carbonyl (C=O) groups excluding carboxylic acids is 2. The Kier molecular flexibility index (Phi) is 8.39. The average molecular weight is 591 g/mol. The molecule has 11 nitrogen and oxygen atoms in total. The van der Waals surface area contributed by atoms with E-state index in [4.69, 9.17) is 4.74 Å². The fourth-order valence-electron chi connectivity index (χ4n) is 4.23. The predicted molar refractivity (Wildman–Crippen MR) is 163 cm³/mol. The van der Waals surface area contributed by atoms with Gasteiger partial charge in [-0.25, -0.2) is 13.1 Å². The number of ether oxygens (including phenoxy) is 1. The lowest BCUT2D eigenvalue weighted by Gasteiger charge is -2.24. The highest BCUT2D eigenvalue weighted by molar-refractivity contribution is 7.92. The van der Waals surface area contributed by atoms with Crippen LogP contribution in [0.2, 0.25) is 0 Å². The van der Waals surface area contributed by atoms with Crippen LogP contribution in [0.4, 0.5) is 17.1 Å². The second-order valence-corrected chi connectivity index (χ2v) is 12.8. The van der Waals surface area contributed by atoms with E-state index < -0.39 is 21.8 Å². The minimum Gasteiger partial charge on any atom is -0.492 e. The van der Waals surface area contributed by atoms with Crippen LogP contribution >= 0.6 is 0 Å². The van der Waals surface area contributed by atoms with Crippen LogP contribution in [0, 0.1) is 13.8 Å². The average Bonchev–Trinajstić information content (AvgIpc) is 3.39. The molecular formula is C30H34N6O5S. The second kappa shape index (κ2) is 11.6. The van der Waals surface area contributed by atoms with Gasteiger partial charge in [-0.1, -0.05) is 50.3 Å². The Labute approximate surface area is 245 Å². The van der Waals surface area contributed by atoms with Gasteiger partial charge in [0.2, 0.25) is 10.0 Å². The van der Waals surface area contributed by atoms with Crippen LogP contribution in [0.15, 0.2) is 60.8 Å². The van der Waals surface area contributed by atoms with Crippen molar-refractivity contribution >= 4 is 38.9 Å². The van der Waals surface area contributed by atoms with Crippen molar-refractivity contribution in [2.24, 2.45) is 0 Å². The highest BCUT2D eigenvalue weighted by Crippen LogP contribution is 2.39. The van der Waals surface area contributed by atoms with Crippen LogP contribution in [-0.2, 0) is 15.4 Å². The van der Waals surface area contributed by atoms with Crippen molar-refractivity contribution < 1.29 is 22.7 Å². The molecule has 2 amide bonds. The van der Waals surface area contributed by atoms with Crippen molar-refractivity contribution in [3.8, 4) is 11.4 Å². The Morgan fingerprint density at radius 3 is 2.19 bits per heavy atom. The van der Waals surface area contributed by atoms with Crippen LogP contribution in [0.1, 0.15) is 58.3 Å². The molecule has 0 spiro atoms. The van der Waals surface area contributed by atoms with E-state index in [1.807, 2.05) is 52.8 Å². The quantitative estimate of drug-likeness (QED) is 0.260. The number of nitrogens with zero attached hydrogens (tertiary/aromatic N) is 3. The maximum atomic E-state index is 13.5. The smallest absolute Gasteiger partial charge is 0.277 e. The number of aryl methyl sites for hydroxylation is 2. The van der Waals surface area contributed by atoms with E-state index >= 15 is 0 Å². The maximum Gasteiger partial charge on any atom is 0.277 e. The topological polar surface area (TPSA) is 144 Å². The molecule has 1 heterocycles. The maximum absolute atomic E-state index is 13.5.